The zero-order valence-electron chi connectivity index (χ0n) is 15.8. The van der Waals surface area contributed by atoms with Crippen molar-refractivity contribution in [1.82, 2.24) is 9.29 Å². The fourth-order valence-electron chi connectivity index (χ4n) is 2.98. The van der Waals surface area contributed by atoms with Crippen LogP contribution < -0.4 is 10.3 Å². The predicted octanol–water partition coefficient (Wildman–Crippen LogP) is 2.76. The minimum atomic E-state index is -4.01. The number of hydrogen-bond donors (Lipinski definition) is 2. The summed E-state index contributed by atoms with van der Waals surface area (Å²) in [5.41, 5.74) is 0.457. The third-order valence-corrected chi connectivity index (χ3v) is 6.70. The van der Waals surface area contributed by atoms with Gasteiger partial charge in [-0.15, -0.1) is 0 Å². The standard InChI is InChI=1S/C20H21ClN2O5S/c1-2-28-16-7-8-18-14(12-16)11-15(20(25)22-18)13-23(9-10-24)29(26,27)19-6-4-3-5-17(19)21/h3-8,11-12,24H,2,9-10,13H2,1H3,(H,22,25). The zero-order valence-corrected chi connectivity index (χ0v) is 17.3. The van der Waals surface area contributed by atoms with Crippen molar-refractivity contribution < 1.29 is 18.3 Å². The maximum atomic E-state index is 13.1. The van der Waals surface area contributed by atoms with Crippen LogP contribution in [0.25, 0.3) is 10.9 Å². The van der Waals surface area contributed by atoms with Gasteiger partial charge in [0.25, 0.3) is 5.56 Å². The number of ether oxygens (including phenoxy) is 1. The van der Waals surface area contributed by atoms with Crippen LogP contribution in [0.4, 0.5) is 0 Å². The summed E-state index contributed by atoms with van der Waals surface area (Å²) in [7, 11) is -4.01. The van der Waals surface area contributed by atoms with Gasteiger partial charge < -0.3 is 14.8 Å². The first-order valence-electron chi connectivity index (χ1n) is 9.01. The van der Waals surface area contributed by atoms with E-state index in [0.717, 1.165) is 4.31 Å². The molecule has 0 aliphatic heterocycles. The fourth-order valence-corrected chi connectivity index (χ4v) is 4.89. The maximum absolute atomic E-state index is 13.1. The number of aromatic amines is 1. The van der Waals surface area contributed by atoms with E-state index in [-0.39, 0.29) is 28.6 Å². The molecule has 0 radical (unpaired) electrons. The van der Waals surface area contributed by atoms with E-state index in [1.165, 1.54) is 12.1 Å². The first-order valence-corrected chi connectivity index (χ1v) is 10.8. The number of H-pyrrole nitrogens is 1. The Morgan fingerprint density at radius 1 is 1.17 bits per heavy atom. The van der Waals surface area contributed by atoms with Crippen molar-refractivity contribution in [2.45, 2.75) is 18.4 Å². The minimum Gasteiger partial charge on any atom is -0.494 e. The number of nitrogens with zero attached hydrogens (tertiary/aromatic N) is 1. The highest BCUT2D eigenvalue weighted by Crippen LogP contribution is 2.26. The van der Waals surface area contributed by atoms with E-state index in [9.17, 15) is 18.3 Å². The molecule has 0 saturated carbocycles. The van der Waals surface area contributed by atoms with E-state index in [1.807, 2.05) is 6.92 Å². The van der Waals surface area contributed by atoms with E-state index in [2.05, 4.69) is 4.98 Å². The van der Waals surface area contributed by atoms with Crippen molar-refractivity contribution in [3.05, 3.63) is 69.5 Å². The maximum Gasteiger partial charge on any atom is 0.252 e. The van der Waals surface area contributed by atoms with Crippen LogP contribution >= 0.6 is 11.6 Å². The Hall–Kier alpha value is -2.39. The Morgan fingerprint density at radius 3 is 2.62 bits per heavy atom. The molecule has 154 valence electrons. The van der Waals surface area contributed by atoms with E-state index in [4.69, 9.17) is 16.3 Å². The molecule has 0 atom stereocenters. The SMILES string of the molecule is CCOc1ccc2[nH]c(=O)c(CN(CCO)S(=O)(=O)c3ccccc3Cl)cc2c1. The van der Waals surface area contributed by atoms with Gasteiger partial charge in [-0.25, -0.2) is 8.42 Å². The lowest BCUT2D eigenvalue weighted by atomic mass is 10.1. The minimum absolute atomic E-state index is 0.0733. The number of pyridine rings is 1. The molecule has 7 nitrogen and oxygen atoms in total. The molecule has 0 fully saturated rings. The van der Waals surface area contributed by atoms with Crippen molar-refractivity contribution in [2.75, 3.05) is 19.8 Å². The molecule has 0 aliphatic carbocycles. The van der Waals surface area contributed by atoms with Gasteiger partial charge in [-0.3, -0.25) is 4.79 Å². The molecule has 0 bridgehead atoms. The normalized spacial score (nSPS) is 11.9. The molecule has 1 aromatic heterocycles. The summed E-state index contributed by atoms with van der Waals surface area (Å²) in [4.78, 5) is 15.2. The Balaban J connectivity index is 2.02. The Labute approximate surface area is 173 Å². The molecule has 2 N–H and O–H groups in total. The number of aliphatic hydroxyl groups excluding tert-OH is 1. The number of aliphatic hydroxyl groups is 1. The van der Waals surface area contributed by atoms with Gasteiger partial charge in [-0.1, -0.05) is 23.7 Å². The van der Waals surface area contributed by atoms with Gasteiger partial charge in [0.15, 0.2) is 0 Å². The smallest absolute Gasteiger partial charge is 0.252 e. The number of benzene rings is 2. The molecule has 0 unspecified atom stereocenters. The molecule has 0 saturated heterocycles. The van der Waals surface area contributed by atoms with Crippen LogP contribution in [0.15, 0.2) is 58.2 Å². The second kappa shape index (κ2) is 8.96. The topological polar surface area (TPSA) is 99.7 Å². The lowest BCUT2D eigenvalue weighted by Crippen LogP contribution is -2.35. The Morgan fingerprint density at radius 2 is 1.93 bits per heavy atom. The van der Waals surface area contributed by atoms with Crippen LogP contribution in [0.1, 0.15) is 12.5 Å². The lowest BCUT2D eigenvalue weighted by molar-refractivity contribution is 0.251. The summed E-state index contributed by atoms with van der Waals surface area (Å²) in [5, 5.41) is 10.2. The molecule has 9 heteroatoms. The zero-order chi connectivity index (χ0) is 21.0. The van der Waals surface area contributed by atoms with E-state index in [0.29, 0.717) is 23.3 Å². The van der Waals surface area contributed by atoms with Crippen molar-refractivity contribution >= 4 is 32.5 Å². The summed E-state index contributed by atoms with van der Waals surface area (Å²) in [5.74, 6) is 0.647. The number of rotatable bonds is 8. The van der Waals surface area contributed by atoms with E-state index in [1.54, 1.807) is 36.4 Å². The third kappa shape index (κ3) is 4.62. The first-order chi connectivity index (χ1) is 13.9. The van der Waals surface area contributed by atoms with Crippen molar-refractivity contribution in [2.24, 2.45) is 0 Å². The van der Waals surface area contributed by atoms with Gasteiger partial charge in [0.2, 0.25) is 10.0 Å². The van der Waals surface area contributed by atoms with Gasteiger partial charge in [-0.2, -0.15) is 4.31 Å². The predicted molar refractivity (Wildman–Crippen MR) is 112 cm³/mol. The number of sulfonamides is 1. The number of nitrogens with one attached hydrogen (secondary N) is 1. The van der Waals surface area contributed by atoms with Gasteiger partial charge in [-0.05, 0) is 43.3 Å². The van der Waals surface area contributed by atoms with E-state index >= 15 is 0 Å². The largest absolute Gasteiger partial charge is 0.494 e. The molecule has 0 aliphatic rings. The fraction of sp³-hybridized carbons (Fsp3) is 0.250. The molecule has 3 rings (SSSR count). The van der Waals surface area contributed by atoms with Crippen LogP contribution in [-0.2, 0) is 16.6 Å². The summed E-state index contributed by atoms with van der Waals surface area (Å²) in [6, 6.07) is 12.9. The Kier molecular flexibility index (Phi) is 6.59. The summed E-state index contributed by atoms with van der Waals surface area (Å²) >= 11 is 6.06. The van der Waals surface area contributed by atoms with Gasteiger partial charge in [0.1, 0.15) is 10.6 Å². The summed E-state index contributed by atoms with van der Waals surface area (Å²) in [6.07, 6.45) is 0. The lowest BCUT2D eigenvalue weighted by Gasteiger charge is -2.22. The summed E-state index contributed by atoms with van der Waals surface area (Å²) < 4.78 is 32.6. The Bertz CT molecular complexity index is 1180. The molecule has 3 aromatic rings. The van der Waals surface area contributed by atoms with Crippen molar-refractivity contribution in [3.63, 3.8) is 0 Å². The third-order valence-electron chi connectivity index (χ3n) is 4.35. The van der Waals surface area contributed by atoms with E-state index < -0.39 is 22.2 Å². The van der Waals surface area contributed by atoms with Crippen LogP contribution in [0.5, 0.6) is 5.75 Å². The highest BCUT2D eigenvalue weighted by Gasteiger charge is 2.27. The van der Waals surface area contributed by atoms with Gasteiger partial charge in [0, 0.05) is 29.6 Å². The second-order valence-corrected chi connectivity index (χ2v) is 8.61. The number of aromatic nitrogens is 1. The van der Waals surface area contributed by atoms with Gasteiger partial charge >= 0.3 is 0 Å². The molecule has 2 aromatic carbocycles. The average molecular weight is 437 g/mol. The van der Waals surface area contributed by atoms with Crippen LogP contribution in [0.3, 0.4) is 0 Å². The van der Waals surface area contributed by atoms with Crippen LogP contribution in [-0.4, -0.2) is 42.6 Å². The molecular formula is C20H21ClN2O5S. The summed E-state index contributed by atoms with van der Waals surface area (Å²) in [6.45, 7) is 1.59. The number of halogens is 1. The molecule has 1 heterocycles. The highest BCUT2D eigenvalue weighted by molar-refractivity contribution is 7.89. The molecule has 0 amide bonds. The monoisotopic (exact) mass is 436 g/mol. The van der Waals surface area contributed by atoms with Gasteiger partial charge in [0.05, 0.1) is 18.2 Å². The molecule has 0 spiro atoms. The quantitative estimate of drug-likeness (QED) is 0.565. The highest BCUT2D eigenvalue weighted by atomic mass is 35.5. The average Bonchev–Trinajstić information content (AvgIpc) is 2.68. The number of fused-ring (bicyclic) bond motifs is 1. The first kappa shape index (κ1) is 21.3. The molecule has 29 heavy (non-hydrogen) atoms. The van der Waals surface area contributed by atoms with Crippen molar-refractivity contribution in [1.29, 1.82) is 0 Å². The van der Waals surface area contributed by atoms with Crippen LogP contribution in [0, 0.1) is 0 Å². The van der Waals surface area contributed by atoms with Crippen LogP contribution in [0.2, 0.25) is 5.02 Å². The molecular weight excluding hydrogens is 416 g/mol. The second-order valence-electron chi connectivity index (χ2n) is 6.30. The number of hydrogen-bond acceptors (Lipinski definition) is 5. The van der Waals surface area contributed by atoms with Crippen molar-refractivity contribution in [3.8, 4) is 5.75 Å².